The van der Waals surface area contributed by atoms with Crippen LogP contribution in [-0.2, 0) is 0 Å². The van der Waals surface area contributed by atoms with Gasteiger partial charge in [-0.25, -0.2) is 4.39 Å². The van der Waals surface area contributed by atoms with Crippen LogP contribution < -0.4 is 5.73 Å². The Balaban J connectivity index is 2.65. The van der Waals surface area contributed by atoms with E-state index in [-0.39, 0.29) is 24.4 Å². The van der Waals surface area contributed by atoms with Crippen molar-refractivity contribution >= 4 is 0 Å². The van der Waals surface area contributed by atoms with E-state index in [1.54, 1.807) is 6.07 Å². The molecule has 108 valence electrons. The van der Waals surface area contributed by atoms with Crippen LogP contribution in [0.2, 0.25) is 0 Å². The molecule has 0 aliphatic heterocycles. The second-order valence-corrected chi connectivity index (χ2v) is 5.22. The van der Waals surface area contributed by atoms with Crippen molar-refractivity contribution in [2.45, 2.75) is 32.9 Å². The first-order valence-corrected chi connectivity index (χ1v) is 6.67. The van der Waals surface area contributed by atoms with Crippen molar-refractivity contribution in [2.24, 2.45) is 11.7 Å². The minimum Gasteiger partial charge on any atom is -0.395 e. The highest BCUT2D eigenvalue weighted by molar-refractivity contribution is 5.10. The third-order valence-electron chi connectivity index (χ3n) is 3.34. The van der Waals surface area contributed by atoms with E-state index < -0.39 is 0 Å². The molecule has 1 aromatic heterocycles. The van der Waals surface area contributed by atoms with Crippen LogP contribution >= 0.6 is 0 Å². The summed E-state index contributed by atoms with van der Waals surface area (Å²) in [6, 6.07) is 3.12. The number of rotatable bonds is 7. The molecule has 0 bridgehead atoms. The molecular weight excluding hydrogens is 245 g/mol. The largest absolute Gasteiger partial charge is 0.395 e. The molecular formula is C14H24FN3O. The molecule has 2 unspecified atom stereocenters. The van der Waals surface area contributed by atoms with Crippen LogP contribution in [0.4, 0.5) is 4.39 Å². The first kappa shape index (κ1) is 16.0. The summed E-state index contributed by atoms with van der Waals surface area (Å²) in [5, 5.41) is 9.06. The normalized spacial score (nSPS) is 14.9. The summed E-state index contributed by atoms with van der Waals surface area (Å²) >= 11 is 0. The Morgan fingerprint density at radius 1 is 1.37 bits per heavy atom. The number of aromatic nitrogens is 1. The standard InChI is InChI=1S/C14H24FN3O/c1-10(2)18(6-7-19)9-11(3)14(16)13-5-4-12(15)8-17-13/h4-5,8,10-11,14,19H,6-7,9,16H2,1-3H3. The predicted molar refractivity (Wildman–Crippen MR) is 74.1 cm³/mol. The zero-order valence-electron chi connectivity index (χ0n) is 11.9. The van der Waals surface area contributed by atoms with E-state index in [1.165, 1.54) is 12.3 Å². The number of nitrogens with two attached hydrogens (primary N) is 1. The lowest BCUT2D eigenvalue weighted by atomic mass is 9.98. The van der Waals surface area contributed by atoms with Gasteiger partial charge in [0.05, 0.1) is 24.5 Å². The van der Waals surface area contributed by atoms with Crippen molar-refractivity contribution in [3.8, 4) is 0 Å². The second-order valence-electron chi connectivity index (χ2n) is 5.22. The molecule has 0 saturated heterocycles. The average molecular weight is 269 g/mol. The first-order valence-electron chi connectivity index (χ1n) is 6.67. The maximum atomic E-state index is 12.8. The van der Waals surface area contributed by atoms with Gasteiger partial charge in [-0.05, 0) is 31.9 Å². The molecule has 0 fully saturated rings. The van der Waals surface area contributed by atoms with Crippen LogP contribution in [0.3, 0.4) is 0 Å². The van der Waals surface area contributed by atoms with Gasteiger partial charge in [0, 0.05) is 19.1 Å². The fraction of sp³-hybridized carbons (Fsp3) is 0.643. The highest BCUT2D eigenvalue weighted by atomic mass is 19.1. The SMILES string of the molecule is CC(CN(CCO)C(C)C)C(N)c1ccc(F)cn1. The van der Waals surface area contributed by atoms with Gasteiger partial charge in [-0.3, -0.25) is 9.88 Å². The Labute approximate surface area is 114 Å². The number of halogens is 1. The number of hydrogen-bond donors (Lipinski definition) is 2. The molecule has 3 N–H and O–H groups in total. The van der Waals surface area contributed by atoms with E-state index in [2.05, 4.69) is 23.7 Å². The van der Waals surface area contributed by atoms with E-state index in [9.17, 15) is 4.39 Å². The highest BCUT2D eigenvalue weighted by Gasteiger charge is 2.20. The summed E-state index contributed by atoms with van der Waals surface area (Å²) in [5.74, 6) is -0.181. The molecule has 2 atom stereocenters. The molecule has 0 spiro atoms. The summed E-state index contributed by atoms with van der Waals surface area (Å²) in [5.41, 5.74) is 6.86. The van der Waals surface area contributed by atoms with Gasteiger partial charge in [0.1, 0.15) is 5.82 Å². The van der Waals surface area contributed by atoms with Gasteiger partial charge in [-0.15, -0.1) is 0 Å². The summed E-state index contributed by atoms with van der Waals surface area (Å²) < 4.78 is 12.8. The summed E-state index contributed by atoms with van der Waals surface area (Å²) in [4.78, 5) is 6.20. The lowest BCUT2D eigenvalue weighted by Gasteiger charge is -2.30. The zero-order chi connectivity index (χ0) is 14.4. The molecule has 0 aromatic carbocycles. The van der Waals surface area contributed by atoms with Gasteiger partial charge >= 0.3 is 0 Å². The Bertz CT molecular complexity index is 369. The third kappa shape index (κ3) is 4.86. The van der Waals surface area contributed by atoms with Crippen LogP contribution in [0.5, 0.6) is 0 Å². The van der Waals surface area contributed by atoms with E-state index >= 15 is 0 Å². The lowest BCUT2D eigenvalue weighted by molar-refractivity contribution is 0.141. The molecule has 0 aliphatic carbocycles. The monoisotopic (exact) mass is 269 g/mol. The number of nitrogens with zero attached hydrogens (tertiary/aromatic N) is 2. The van der Waals surface area contributed by atoms with E-state index in [0.29, 0.717) is 18.3 Å². The smallest absolute Gasteiger partial charge is 0.141 e. The fourth-order valence-corrected chi connectivity index (χ4v) is 2.05. The summed E-state index contributed by atoms with van der Waals surface area (Å²) in [6.45, 7) is 7.76. The molecule has 0 amide bonds. The Kier molecular flexibility index (Phi) is 6.34. The Hall–Kier alpha value is -1.04. The Morgan fingerprint density at radius 3 is 2.53 bits per heavy atom. The number of aliphatic hydroxyl groups is 1. The van der Waals surface area contributed by atoms with Gasteiger partial charge in [0.2, 0.25) is 0 Å². The van der Waals surface area contributed by atoms with Gasteiger partial charge in [-0.1, -0.05) is 6.92 Å². The zero-order valence-corrected chi connectivity index (χ0v) is 11.9. The van der Waals surface area contributed by atoms with E-state index in [4.69, 9.17) is 10.8 Å². The van der Waals surface area contributed by atoms with E-state index in [1.807, 2.05) is 6.92 Å². The van der Waals surface area contributed by atoms with Crippen LogP contribution in [0.15, 0.2) is 18.3 Å². The molecule has 4 nitrogen and oxygen atoms in total. The molecule has 19 heavy (non-hydrogen) atoms. The summed E-state index contributed by atoms with van der Waals surface area (Å²) in [7, 11) is 0. The minimum absolute atomic E-state index is 0.134. The van der Waals surface area contributed by atoms with Gasteiger partial charge in [0.25, 0.3) is 0 Å². The number of pyridine rings is 1. The highest BCUT2D eigenvalue weighted by Crippen LogP contribution is 2.19. The molecule has 1 rings (SSSR count). The molecule has 0 aliphatic rings. The van der Waals surface area contributed by atoms with Crippen LogP contribution in [0, 0.1) is 11.7 Å². The molecule has 0 radical (unpaired) electrons. The topological polar surface area (TPSA) is 62.4 Å². The quantitative estimate of drug-likeness (QED) is 0.788. The van der Waals surface area contributed by atoms with Crippen molar-refractivity contribution in [1.29, 1.82) is 0 Å². The second kappa shape index (κ2) is 7.53. The first-order chi connectivity index (χ1) is 8.95. The van der Waals surface area contributed by atoms with Gasteiger partial charge < -0.3 is 10.8 Å². The van der Waals surface area contributed by atoms with Crippen LogP contribution in [-0.4, -0.2) is 40.7 Å². The maximum absolute atomic E-state index is 12.8. The molecule has 1 aromatic rings. The summed E-state index contributed by atoms with van der Waals surface area (Å²) in [6.07, 6.45) is 1.19. The van der Waals surface area contributed by atoms with Crippen molar-refractivity contribution in [3.05, 3.63) is 29.8 Å². The molecule has 1 heterocycles. The third-order valence-corrected chi connectivity index (χ3v) is 3.34. The minimum atomic E-state index is -0.354. The van der Waals surface area contributed by atoms with Crippen molar-refractivity contribution in [2.75, 3.05) is 19.7 Å². The number of aliphatic hydroxyl groups excluding tert-OH is 1. The van der Waals surface area contributed by atoms with Crippen LogP contribution in [0.1, 0.15) is 32.5 Å². The predicted octanol–water partition coefficient (Wildman–Crippen LogP) is 1.56. The van der Waals surface area contributed by atoms with Crippen molar-refractivity contribution < 1.29 is 9.50 Å². The molecule has 5 heteroatoms. The van der Waals surface area contributed by atoms with Gasteiger partial charge in [-0.2, -0.15) is 0 Å². The van der Waals surface area contributed by atoms with Crippen molar-refractivity contribution in [1.82, 2.24) is 9.88 Å². The average Bonchev–Trinajstić information content (AvgIpc) is 2.38. The van der Waals surface area contributed by atoms with E-state index in [0.717, 1.165) is 6.54 Å². The molecule has 0 saturated carbocycles. The van der Waals surface area contributed by atoms with Crippen molar-refractivity contribution in [3.63, 3.8) is 0 Å². The fourth-order valence-electron chi connectivity index (χ4n) is 2.05. The Morgan fingerprint density at radius 2 is 2.05 bits per heavy atom. The van der Waals surface area contributed by atoms with Crippen LogP contribution in [0.25, 0.3) is 0 Å². The lowest BCUT2D eigenvalue weighted by Crippen LogP contribution is -2.39. The number of hydrogen-bond acceptors (Lipinski definition) is 4. The maximum Gasteiger partial charge on any atom is 0.141 e. The van der Waals surface area contributed by atoms with Gasteiger partial charge in [0.15, 0.2) is 0 Å².